The van der Waals surface area contributed by atoms with Crippen molar-refractivity contribution < 1.29 is 8.42 Å². The fourth-order valence-electron chi connectivity index (χ4n) is 1.60. The molecule has 0 amide bonds. The van der Waals surface area contributed by atoms with E-state index < -0.39 is 10.0 Å². The molecule has 0 fully saturated rings. The maximum Gasteiger partial charge on any atom is 0.263 e. The Bertz CT molecular complexity index is 798. The lowest BCUT2D eigenvalue weighted by Crippen LogP contribution is -2.15. The molecule has 0 saturated heterocycles. The van der Waals surface area contributed by atoms with Crippen LogP contribution < -0.4 is 10.5 Å². The number of hydrogen-bond donors (Lipinski definition) is 2. The summed E-state index contributed by atoms with van der Waals surface area (Å²) in [6.07, 6.45) is 0. The Morgan fingerprint density at radius 3 is 2.55 bits per heavy atom. The van der Waals surface area contributed by atoms with Gasteiger partial charge in [-0.05, 0) is 30.3 Å². The van der Waals surface area contributed by atoms with Crippen molar-refractivity contribution in [2.24, 2.45) is 0 Å². The second-order valence-corrected chi connectivity index (χ2v) is 6.01. The van der Waals surface area contributed by atoms with Crippen LogP contribution in [0.3, 0.4) is 0 Å². The normalized spacial score (nSPS) is 10.8. The molecular formula is C13H10ClN3O2S. The molecule has 0 aromatic heterocycles. The highest BCUT2D eigenvalue weighted by Gasteiger charge is 2.18. The molecule has 0 heterocycles. The summed E-state index contributed by atoms with van der Waals surface area (Å²) in [5.74, 6) is 0. The fraction of sp³-hybridized carbons (Fsp3) is 0. The smallest absolute Gasteiger partial charge is 0.263 e. The number of nitrogens with one attached hydrogen (secondary N) is 1. The lowest BCUT2D eigenvalue weighted by Gasteiger charge is -2.11. The predicted octanol–water partition coefficient (Wildman–Crippen LogP) is 2.59. The third kappa shape index (κ3) is 2.85. The van der Waals surface area contributed by atoms with Crippen LogP contribution in [0.2, 0.25) is 5.02 Å². The summed E-state index contributed by atoms with van der Waals surface area (Å²) in [4.78, 5) is -0.0431. The molecule has 0 atom stereocenters. The Balaban J connectivity index is 2.44. The number of benzene rings is 2. The van der Waals surface area contributed by atoms with Crippen LogP contribution >= 0.6 is 11.6 Å². The van der Waals surface area contributed by atoms with Gasteiger partial charge in [0.2, 0.25) is 0 Å². The van der Waals surface area contributed by atoms with Crippen molar-refractivity contribution in [2.45, 2.75) is 4.90 Å². The third-order valence-corrected chi connectivity index (χ3v) is 4.32. The molecule has 5 nitrogen and oxygen atoms in total. The topological polar surface area (TPSA) is 96.0 Å². The number of nitrogens with two attached hydrogens (primary N) is 1. The highest BCUT2D eigenvalue weighted by molar-refractivity contribution is 7.92. The zero-order chi connectivity index (χ0) is 14.8. The maximum atomic E-state index is 12.2. The summed E-state index contributed by atoms with van der Waals surface area (Å²) in [6.45, 7) is 0. The molecule has 0 saturated carbocycles. The van der Waals surface area contributed by atoms with E-state index in [2.05, 4.69) is 4.72 Å². The molecule has 20 heavy (non-hydrogen) atoms. The van der Waals surface area contributed by atoms with Crippen molar-refractivity contribution in [2.75, 3.05) is 10.5 Å². The molecule has 0 aliphatic heterocycles. The van der Waals surface area contributed by atoms with Gasteiger partial charge in [-0.2, -0.15) is 5.26 Å². The lowest BCUT2D eigenvalue weighted by molar-refractivity contribution is 0.601. The second-order valence-electron chi connectivity index (χ2n) is 3.95. The quantitative estimate of drug-likeness (QED) is 0.852. The summed E-state index contributed by atoms with van der Waals surface area (Å²) >= 11 is 5.92. The number of anilines is 2. The van der Waals surface area contributed by atoms with E-state index in [0.717, 1.165) is 0 Å². The van der Waals surface area contributed by atoms with E-state index in [9.17, 15) is 8.42 Å². The number of rotatable bonds is 3. The van der Waals surface area contributed by atoms with Crippen LogP contribution in [0.25, 0.3) is 0 Å². The third-order valence-electron chi connectivity index (χ3n) is 2.55. The highest BCUT2D eigenvalue weighted by atomic mass is 35.5. The number of para-hydroxylation sites is 1. The number of nitrogen functional groups attached to an aromatic ring is 1. The Hall–Kier alpha value is -2.23. The number of nitrogens with zero attached hydrogens (tertiary/aromatic N) is 1. The van der Waals surface area contributed by atoms with Crippen molar-refractivity contribution >= 4 is 33.0 Å². The lowest BCUT2D eigenvalue weighted by atomic mass is 10.2. The zero-order valence-electron chi connectivity index (χ0n) is 10.2. The number of nitriles is 1. The molecule has 0 radical (unpaired) electrons. The minimum Gasteiger partial charge on any atom is -0.398 e. The Kier molecular flexibility index (Phi) is 3.84. The van der Waals surface area contributed by atoms with Crippen LogP contribution in [0.5, 0.6) is 0 Å². The molecule has 0 spiro atoms. The fourth-order valence-corrected chi connectivity index (χ4v) is 3.02. The van der Waals surface area contributed by atoms with Gasteiger partial charge in [-0.15, -0.1) is 0 Å². The summed E-state index contributed by atoms with van der Waals surface area (Å²) in [5, 5.41) is 9.02. The zero-order valence-corrected chi connectivity index (χ0v) is 11.7. The Labute approximate surface area is 121 Å². The van der Waals surface area contributed by atoms with Gasteiger partial charge in [0.25, 0.3) is 10.0 Å². The van der Waals surface area contributed by atoms with E-state index >= 15 is 0 Å². The van der Waals surface area contributed by atoms with Crippen molar-refractivity contribution in [3.8, 4) is 6.07 Å². The van der Waals surface area contributed by atoms with Gasteiger partial charge in [0.15, 0.2) is 0 Å². The van der Waals surface area contributed by atoms with E-state index in [1.807, 2.05) is 6.07 Å². The molecule has 0 bridgehead atoms. The van der Waals surface area contributed by atoms with Gasteiger partial charge >= 0.3 is 0 Å². The van der Waals surface area contributed by atoms with Crippen molar-refractivity contribution in [3.63, 3.8) is 0 Å². The van der Waals surface area contributed by atoms with Gasteiger partial charge in [0.05, 0.1) is 28.0 Å². The molecule has 3 N–H and O–H groups in total. The highest BCUT2D eigenvalue weighted by Crippen LogP contribution is 2.27. The first-order valence-corrected chi connectivity index (χ1v) is 7.37. The monoisotopic (exact) mass is 307 g/mol. The van der Waals surface area contributed by atoms with Crippen LogP contribution in [0.1, 0.15) is 5.56 Å². The van der Waals surface area contributed by atoms with E-state index in [1.165, 1.54) is 30.3 Å². The van der Waals surface area contributed by atoms with E-state index in [4.69, 9.17) is 22.6 Å². The minimum atomic E-state index is -3.86. The largest absolute Gasteiger partial charge is 0.398 e. The van der Waals surface area contributed by atoms with E-state index in [0.29, 0.717) is 5.56 Å². The first kappa shape index (κ1) is 14.2. The van der Waals surface area contributed by atoms with Gasteiger partial charge in [0, 0.05) is 0 Å². The number of hydrogen-bond acceptors (Lipinski definition) is 4. The summed E-state index contributed by atoms with van der Waals surface area (Å²) < 4.78 is 26.8. The predicted molar refractivity (Wildman–Crippen MR) is 77.8 cm³/mol. The van der Waals surface area contributed by atoms with Crippen molar-refractivity contribution in [1.82, 2.24) is 0 Å². The van der Waals surface area contributed by atoms with Crippen LogP contribution in [0.4, 0.5) is 11.4 Å². The Morgan fingerprint density at radius 2 is 1.90 bits per heavy atom. The van der Waals surface area contributed by atoms with Gasteiger partial charge < -0.3 is 5.73 Å². The number of sulfonamides is 1. The molecule has 0 unspecified atom stereocenters. The van der Waals surface area contributed by atoms with Crippen LogP contribution in [0, 0.1) is 11.3 Å². The van der Waals surface area contributed by atoms with E-state index in [-0.39, 0.29) is 21.3 Å². The van der Waals surface area contributed by atoms with Crippen molar-refractivity contribution in [3.05, 3.63) is 53.1 Å². The van der Waals surface area contributed by atoms with Gasteiger partial charge in [0.1, 0.15) is 4.90 Å². The number of halogens is 1. The molecule has 2 aromatic carbocycles. The second kappa shape index (κ2) is 5.41. The average Bonchev–Trinajstić information content (AvgIpc) is 2.41. The summed E-state index contributed by atoms with van der Waals surface area (Å²) in [6, 6.07) is 12.3. The van der Waals surface area contributed by atoms with Gasteiger partial charge in [-0.3, -0.25) is 4.72 Å². The molecular weight excluding hydrogens is 298 g/mol. The standard InChI is InChI=1S/C13H10ClN3O2S/c14-10-6-5-9(8-15)7-12(10)17-20(18,19)13-4-2-1-3-11(13)16/h1-7,17H,16H2. The minimum absolute atomic E-state index is 0.0431. The average molecular weight is 308 g/mol. The summed E-state index contributed by atoms with van der Waals surface area (Å²) in [5.41, 5.74) is 6.21. The molecule has 0 aliphatic carbocycles. The van der Waals surface area contributed by atoms with Gasteiger partial charge in [-0.1, -0.05) is 23.7 Å². The first-order chi connectivity index (χ1) is 9.44. The molecule has 2 rings (SSSR count). The molecule has 7 heteroatoms. The van der Waals surface area contributed by atoms with E-state index in [1.54, 1.807) is 12.1 Å². The first-order valence-electron chi connectivity index (χ1n) is 5.51. The van der Waals surface area contributed by atoms with Crippen LogP contribution in [-0.4, -0.2) is 8.42 Å². The van der Waals surface area contributed by atoms with Crippen LogP contribution in [0.15, 0.2) is 47.4 Å². The molecule has 102 valence electrons. The van der Waals surface area contributed by atoms with Crippen LogP contribution in [-0.2, 0) is 10.0 Å². The van der Waals surface area contributed by atoms with Crippen molar-refractivity contribution in [1.29, 1.82) is 5.26 Å². The molecule has 0 aliphatic rings. The SMILES string of the molecule is N#Cc1ccc(Cl)c(NS(=O)(=O)c2ccccc2N)c1. The van der Waals surface area contributed by atoms with Gasteiger partial charge in [-0.25, -0.2) is 8.42 Å². The summed E-state index contributed by atoms with van der Waals surface area (Å²) in [7, 11) is -3.86. The maximum absolute atomic E-state index is 12.2. The molecule has 2 aromatic rings. The Morgan fingerprint density at radius 1 is 1.20 bits per heavy atom.